The molecule has 1 aliphatic heterocycles. The quantitative estimate of drug-likeness (QED) is 0.914. The van der Waals surface area contributed by atoms with Gasteiger partial charge in [-0.1, -0.05) is 60.7 Å². The van der Waals surface area contributed by atoms with Crippen LogP contribution >= 0.6 is 0 Å². The van der Waals surface area contributed by atoms with Crippen molar-refractivity contribution in [2.75, 3.05) is 6.54 Å². The summed E-state index contributed by atoms with van der Waals surface area (Å²) in [5, 5.41) is 3.73. The van der Waals surface area contributed by atoms with Crippen molar-refractivity contribution in [2.45, 2.75) is 38.4 Å². The summed E-state index contributed by atoms with van der Waals surface area (Å²) in [7, 11) is 0. The van der Waals surface area contributed by atoms with Crippen molar-refractivity contribution in [3.8, 4) is 0 Å². The predicted octanol–water partition coefficient (Wildman–Crippen LogP) is 3.53. The molecule has 24 heavy (non-hydrogen) atoms. The second kappa shape index (κ2) is 6.06. The van der Waals surface area contributed by atoms with Crippen molar-refractivity contribution in [1.82, 2.24) is 10.2 Å². The maximum atomic E-state index is 12.9. The second-order valence-corrected chi connectivity index (χ2v) is 7.18. The molecule has 2 aliphatic rings. The highest BCUT2D eigenvalue weighted by Crippen LogP contribution is 2.54. The van der Waals surface area contributed by atoms with Gasteiger partial charge in [-0.15, -0.1) is 0 Å². The molecule has 0 bridgehead atoms. The number of nitrogens with zero attached hydrogens (tertiary/aromatic N) is 1. The molecule has 1 saturated heterocycles. The van der Waals surface area contributed by atoms with E-state index in [1.165, 1.54) is 11.1 Å². The topological polar surface area (TPSA) is 32.3 Å². The Balaban J connectivity index is 1.47. The molecule has 1 N–H and O–H groups in total. The van der Waals surface area contributed by atoms with Crippen molar-refractivity contribution in [2.24, 2.45) is 5.41 Å². The maximum Gasteiger partial charge on any atom is 0.230 e. The van der Waals surface area contributed by atoms with Crippen molar-refractivity contribution < 1.29 is 4.79 Å². The van der Waals surface area contributed by atoms with E-state index < -0.39 is 0 Å². The minimum absolute atomic E-state index is 0.141. The molecule has 1 amide bonds. The number of carbonyl (C=O) groups is 1. The summed E-state index contributed by atoms with van der Waals surface area (Å²) < 4.78 is 0. The lowest BCUT2D eigenvalue weighted by Gasteiger charge is -2.23. The summed E-state index contributed by atoms with van der Waals surface area (Å²) in [6.45, 7) is 3.72. The van der Waals surface area contributed by atoms with E-state index in [1.807, 2.05) is 29.2 Å². The number of hydrogen-bond acceptors (Lipinski definition) is 2. The maximum absolute atomic E-state index is 12.9. The monoisotopic (exact) mass is 320 g/mol. The summed E-state index contributed by atoms with van der Waals surface area (Å²) >= 11 is 0. The van der Waals surface area contributed by atoms with Crippen molar-refractivity contribution in [3.63, 3.8) is 0 Å². The Kier molecular flexibility index (Phi) is 3.89. The third-order valence-corrected chi connectivity index (χ3v) is 5.54. The molecule has 0 radical (unpaired) electrons. The van der Waals surface area contributed by atoms with Gasteiger partial charge in [0.05, 0.1) is 5.41 Å². The van der Waals surface area contributed by atoms with E-state index in [0.29, 0.717) is 5.91 Å². The van der Waals surface area contributed by atoms with Crippen LogP contribution in [0, 0.1) is 5.41 Å². The lowest BCUT2D eigenvalue weighted by atomic mass is 9.98. The Morgan fingerprint density at radius 2 is 1.71 bits per heavy atom. The molecule has 2 fully saturated rings. The SMILES string of the molecule is C[C@H](N[C@@H]1CN(Cc2ccccc2)C(=O)C12CC2)c1ccccc1. The number of benzene rings is 2. The molecule has 1 spiro atoms. The van der Waals surface area contributed by atoms with Crippen LogP contribution in [0.5, 0.6) is 0 Å². The molecule has 3 nitrogen and oxygen atoms in total. The smallest absolute Gasteiger partial charge is 0.230 e. The summed E-state index contributed by atoms with van der Waals surface area (Å²) in [5.74, 6) is 0.337. The lowest BCUT2D eigenvalue weighted by molar-refractivity contribution is -0.132. The largest absolute Gasteiger partial charge is 0.336 e. The first kappa shape index (κ1) is 15.4. The Hall–Kier alpha value is -2.13. The van der Waals surface area contributed by atoms with E-state index in [1.54, 1.807) is 0 Å². The van der Waals surface area contributed by atoms with Crippen LogP contribution in [0.25, 0.3) is 0 Å². The lowest BCUT2D eigenvalue weighted by Crippen LogP contribution is -2.39. The van der Waals surface area contributed by atoms with Gasteiger partial charge >= 0.3 is 0 Å². The highest BCUT2D eigenvalue weighted by molar-refractivity contribution is 5.88. The average molecular weight is 320 g/mol. The molecule has 1 heterocycles. The Labute approximate surface area is 143 Å². The Morgan fingerprint density at radius 3 is 2.33 bits per heavy atom. The number of amides is 1. The van der Waals surface area contributed by atoms with Crippen LogP contribution in [0.2, 0.25) is 0 Å². The van der Waals surface area contributed by atoms with Gasteiger partial charge in [0.2, 0.25) is 5.91 Å². The van der Waals surface area contributed by atoms with Gasteiger partial charge in [0.15, 0.2) is 0 Å². The second-order valence-electron chi connectivity index (χ2n) is 7.18. The van der Waals surface area contributed by atoms with Crippen molar-refractivity contribution in [1.29, 1.82) is 0 Å². The third-order valence-electron chi connectivity index (χ3n) is 5.54. The molecular weight excluding hydrogens is 296 g/mol. The zero-order chi connectivity index (χ0) is 16.6. The Bertz CT molecular complexity index is 709. The standard InChI is InChI=1S/C21H24N2O/c1-16(18-10-6-3-7-11-18)22-19-15-23(20(24)21(19)12-13-21)14-17-8-4-2-5-9-17/h2-11,16,19,22H,12-15H2,1H3/t16-,19+/m0/s1. The van der Waals surface area contributed by atoms with Crippen LogP contribution in [-0.2, 0) is 11.3 Å². The highest BCUT2D eigenvalue weighted by atomic mass is 16.2. The zero-order valence-corrected chi connectivity index (χ0v) is 14.1. The van der Waals surface area contributed by atoms with Gasteiger partial charge in [-0.2, -0.15) is 0 Å². The third kappa shape index (κ3) is 2.73. The Morgan fingerprint density at radius 1 is 1.08 bits per heavy atom. The fourth-order valence-corrected chi connectivity index (χ4v) is 3.93. The minimum atomic E-state index is -0.141. The molecule has 3 heteroatoms. The van der Waals surface area contributed by atoms with E-state index in [2.05, 4.69) is 48.6 Å². The van der Waals surface area contributed by atoms with Crippen LogP contribution in [0.1, 0.15) is 36.9 Å². The summed E-state index contributed by atoms with van der Waals surface area (Å²) in [6, 6.07) is 21.3. The van der Waals surface area contributed by atoms with Gasteiger partial charge in [-0.05, 0) is 30.9 Å². The number of rotatable bonds is 5. The number of carbonyl (C=O) groups excluding carboxylic acids is 1. The molecule has 2 aromatic rings. The van der Waals surface area contributed by atoms with Gasteiger partial charge in [-0.3, -0.25) is 4.79 Å². The van der Waals surface area contributed by atoms with Crippen LogP contribution < -0.4 is 5.32 Å². The average Bonchev–Trinajstić information content (AvgIpc) is 3.39. The molecule has 0 aromatic heterocycles. The number of hydrogen-bond donors (Lipinski definition) is 1. The van der Waals surface area contributed by atoms with E-state index >= 15 is 0 Å². The zero-order valence-electron chi connectivity index (χ0n) is 14.1. The van der Waals surface area contributed by atoms with E-state index in [9.17, 15) is 4.79 Å². The normalized spacial score (nSPS) is 22.8. The van der Waals surface area contributed by atoms with E-state index in [-0.39, 0.29) is 17.5 Å². The molecular formula is C21H24N2O. The predicted molar refractivity (Wildman–Crippen MR) is 95.3 cm³/mol. The van der Waals surface area contributed by atoms with Crippen molar-refractivity contribution >= 4 is 5.91 Å². The number of likely N-dealkylation sites (tertiary alicyclic amines) is 1. The van der Waals surface area contributed by atoms with Gasteiger partial charge in [0, 0.05) is 25.2 Å². The van der Waals surface area contributed by atoms with Crippen LogP contribution in [0.15, 0.2) is 60.7 Å². The molecule has 1 aliphatic carbocycles. The first-order valence-electron chi connectivity index (χ1n) is 8.83. The molecule has 1 saturated carbocycles. The van der Waals surface area contributed by atoms with Gasteiger partial charge < -0.3 is 10.2 Å². The van der Waals surface area contributed by atoms with Crippen LogP contribution in [0.3, 0.4) is 0 Å². The van der Waals surface area contributed by atoms with Gasteiger partial charge in [0.25, 0.3) is 0 Å². The molecule has 2 aromatic carbocycles. The molecule has 2 atom stereocenters. The summed E-state index contributed by atoms with van der Waals surface area (Å²) in [6.07, 6.45) is 2.05. The summed E-state index contributed by atoms with van der Waals surface area (Å²) in [4.78, 5) is 14.9. The van der Waals surface area contributed by atoms with Crippen LogP contribution in [-0.4, -0.2) is 23.4 Å². The highest BCUT2D eigenvalue weighted by Gasteiger charge is 2.61. The number of nitrogens with one attached hydrogen (secondary N) is 1. The fraction of sp³-hybridized carbons (Fsp3) is 0.381. The minimum Gasteiger partial charge on any atom is -0.336 e. The fourth-order valence-electron chi connectivity index (χ4n) is 3.93. The van der Waals surface area contributed by atoms with Gasteiger partial charge in [-0.25, -0.2) is 0 Å². The summed E-state index contributed by atoms with van der Waals surface area (Å²) in [5.41, 5.74) is 2.35. The van der Waals surface area contributed by atoms with Crippen LogP contribution in [0.4, 0.5) is 0 Å². The van der Waals surface area contributed by atoms with E-state index in [0.717, 1.165) is 25.9 Å². The van der Waals surface area contributed by atoms with E-state index in [4.69, 9.17) is 0 Å². The first-order valence-corrected chi connectivity index (χ1v) is 8.83. The van der Waals surface area contributed by atoms with Gasteiger partial charge in [0.1, 0.15) is 0 Å². The molecule has 0 unspecified atom stereocenters. The molecule has 124 valence electrons. The molecule has 4 rings (SSSR count). The van der Waals surface area contributed by atoms with Crippen molar-refractivity contribution in [3.05, 3.63) is 71.8 Å². The first-order chi connectivity index (χ1) is 11.7.